The highest BCUT2D eigenvalue weighted by molar-refractivity contribution is 7.11. The number of hydrogen-bond donors (Lipinski definition) is 0. The van der Waals surface area contributed by atoms with Gasteiger partial charge in [-0.15, -0.1) is 11.3 Å². The Morgan fingerprint density at radius 2 is 1.95 bits per heavy atom. The van der Waals surface area contributed by atoms with E-state index in [1.54, 1.807) is 0 Å². The Labute approximate surface area is 127 Å². The molecule has 2 aliphatic heterocycles. The van der Waals surface area contributed by atoms with E-state index in [1.807, 2.05) is 11.3 Å². The number of rotatable bonds is 3. The van der Waals surface area contributed by atoms with Crippen LogP contribution in [0.3, 0.4) is 0 Å². The van der Waals surface area contributed by atoms with E-state index >= 15 is 0 Å². The van der Waals surface area contributed by atoms with E-state index < -0.39 is 0 Å². The molecule has 0 amide bonds. The van der Waals surface area contributed by atoms with Crippen molar-refractivity contribution in [1.29, 1.82) is 0 Å². The zero-order valence-corrected chi connectivity index (χ0v) is 14.0. The summed E-state index contributed by atoms with van der Waals surface area (Å²) in [6, 6.07) is 2.30. The zero-order valence-electron chi connectivity index (χ0n) is 13.2. The van der Waals surface area contributed by atoms with Crippen LogP contribution in [-0.2, 0) is 6.54 Å². The Morgan fingerprint density at radius 1 is 1.20 bits per heavy atom. The van der Waals surface area contributed by atoms with Gasteiger partial charge in [0.25, 0.3) is 0 Å². The molecule has 2 saturated heterocycles. The lowest BCUT2D eigenvalue weighted by atomic mass is 10.1. The second-order valence-corrected chi connectivity index (χ2v) is 7.98. The molecule has 20 heavy (non-hydrogen) atoms. The largest absolute Gasteiger partial charge is 0.297 e. The van der Waals surface area contributed by atoms with Crippen LogP contribution < -0.4 is 0 Å². The molecule has 1 aromatic rings. The van der Waals surface area contributed by atoms with Gasteiger partial charge in [0.2, 0.25) is 0 Å². The first-order chi connectivity index (χ1) is 9.54. The van der Waals surface area contributed by atoms with E-state index in [9.17, 15) is 0 Å². The number of fused-ring (bicyclic) bond motifs is 2. The topological polar surface area (TPSA) is 19.4 Å². The third-order valence-electron chi connectivity index (χ3n) is 4.89. The molecule has 0 N–H and O–H groups in total. The fourth-order valence-electron chi connectivity index (χ4n) is 4.09. The van der Waals surface area contributed by atoms with Gasteiger partial charge in [0, 0.05) is 42.6 Å². The average Bonchev–Trinajstić information content (AvgIpc) is 2.82. The predicted octanol–water partition coefficient (Wildman–Crippen LogP) is 3.21. The molecule has 1 aromatic heterocycles. The minimum atomic E-state index is 0.694. The SMILES string of the molecule is Cc1nc(C)c(CN2CCC3CCC(C2)N3C(C)C)s1. The van der Waals surface area contributed by atoms with Gasteiger partial charge in [-0.1, -0.05) is 0 Å². The van der Waals surface area contributed by atoms with E-state index in [-0.39, 0.29) is 0 Å². The molecule has 3 nitrogen and oxygen atoms in total. The lowest BCUT2D eigenvalue weighted by Crippen LogP contribution is -2.43. The van der Waals surface area contributed by atoms with E-state index in [2.05, 4.69) is 42.5 Å². The molecule has 0 spiro atoms. The van der Waals surface area contributed by atoms with Crippen LogP contribution in [-0.4, -0.2) is 46.0 Å². The van der Waals surface area contributed by atoms with Crippen LogP contribution in [0.1, 0.15) is 48.7 Å². The number of aryl methyl sites for hydroxylation is 2. The summed E-state index contributed by atoms with van der Waals surface area (Å²) in [5.74, 6) is 0. The third kappa shape index (κ3) is 2.78. The highest BCUT2D eigenvalue weighted by Gasteiger charge is 2.38. The Kier molecular flexibility index (Phi) is 4.16. The molecule has 2 fully saturated rings. The smallest absolute Gasteiger partial charge is 0.0900 e. The van der Waals surface area contributed by atoms with Gasteiger partial charge < -0.3 is 0 Å². The normalized spacial score (nSPS) is 28.2. The van der Waals surface area contributed by atoms with Crippen LogP contribution in [0.15, 0.2) is 0 Å². The van der Waals surface area contributed by atoms with Crippen LogP contribution >= 0.6 is 11.3 Å². The summed E-state index contributed by atoms with van der Waals surface area (Å²) < 4.78 is 0. The second-order valence-electron chi connectivity index (χ2n) is 6.69. The summed E-state index contributed by atoms with van der Waals surface area (Å²) >= 11 is 1.88. The first-order valence-electron chi connectivity index (χ1n) is 7.97. The molecule has 2 aliphatic rings. The number of hydrogen-bond acceptors (Lipinski definition) is 4. The Hall–Kier alpha value is -0.450. The van der Waals surface area contributed by atoms with E-state index in [4.69, 9.17) is 0 Å². The van der Waals surface area contributed by atoms with Crippen molar-refractivity contribution >= 4 is 11.3 Å². The molecule has 3 rings (SSSR count). The van der Waals surface area contributed by atoms with Crippen molar-refractivity contribution in [3.05, 3.63) is 15.6 Å². The Bertz CT molecular complexity index is 468. The fraction of sp³-hybridized carbons (Fsp3) is 0.812. The molecular weight excluding hydrogens is 266 g/mol. The van der Waals surface area contributed by atoms with Crippen LogP contribution in [0, 0.1) is 13.8 Å². The maximum absolute atomic E-state index is 4.57. The predicted molar refractivity (Wildman–Crippen MR) is 85.3 cm³/mol. The second kappa shape index (κ2) is 5.74. The third-order valence-corrected chi connectivity index (χ3v) is 5.94. The zero-order chi connectivity index (χ0) is 14.3. The maximum Gasteiger partial charge on any atom is 0.0900 e. The van der Waals surface area contributed by atoms with Gasteiger partial charge in [-0.25, -0.2) is 4.98 Å². The van der Waals surface area contributed by atoms with Crippen molar-refractivity contribution in [3.63, 3.8) is 0 Å². The van der Waals surface area contributed by atoms with E-state index in [1.165, 1.54) is 47.9 Å². The molecule has 0 aliphatic carbocycles. The first kappa shape index (κ1) is 14.5. The van der Waals surface area contributed by atoms with Crippen LogP contribution in [0.4, 0.5) is 0 Å². The minimum absolute atomic E-state index is 0.694. The van der Waals surface area contributed by atoms with Crippen molar-refractivity contribution in [2.75, 3.05) is 13.1 Å². The molecule has 0 radical (unpaired) electrons. The van der Waals surface area contributed by atoms with E-state index in [0.29, 0.717) is 6.04 Å². The molecule has 3 heterocycles. The van der Waals surface area contributed by atoms with Crippen LogP contribution in [0.5, 0.6) is 0 Å². The highest BCUT2D eigenvalue weighted by Crippen LogP contribution is 2.33. The molecule has 2 unspecified atom stereocenters. The Balaban J connectivity index is 1.70. The fourth-order valence-corrected chi connectivity index (χ4v) is 5.07. The van der Waals surface area contributed by atoms with Gasteiger partial charge in [0.15, 0.2) is 0 Å². The van der Waals surface area contributed by atoms with Gasteiger partial charge in [-0.05, 0) is 47.0 Å². The standard InChI is InChI=1S/C16H27N3S/c1-11(2)19-14-5-6-15(19)9-18(8-7-14)10-16-12(3)17-13(4)20-16/h11,14-15H,5-10H2,1-4H3. The van der Waals surface area contributed by atoms with Gasteiger partial charge >= 0.3 is 0 Å². The van der Waals surface area contributed by atoms with Crippen molar-refractivity contribution in [3.8, 4) is 0 Å². The molecule has 4 heteroatoms. The highest BCUT2D eigenvalue weighted by atomic mass is 32.1. The lowest BCUT2D eigenvalue weighted by Gasteiger charge is -2.32. The summed E-state index contributed by atoms with van der Waals surface area (Å²) in [6.07, 6.45) is 4.14. The number of likely N-dealkylation sites (tertiary alicyclic amines) is 1. The summed E-state index contributed by atoms with van der Waals surface area (Å²) in [7, 11) is 0. The van der Waals surface area contributed by atoms with Crippen LogP contribution in [0.25, 0.3) is 0 Å². The van der Waals surface area contributed by atoms with Crippen LogP contribution in [0.2, 0.25) is 0 Å². The van der Waals surface area contributed by atoms with E-state index in [0.717, 1.165) is 18.6 Å². The summed E-state index contributed by atoms with van der Waals surface area (Å²) in [4.78, 5) is 11.5. The lowest BCUT2D eigenvalue weighted by molar-refractivity contribution is 0.145. The van der Waals surface area contributed by atoms with Gasteiger partial charge in [0.05, 0.1) is 10.7 Å². The van der Waals surface area contributed by atoms with Gasteiger partial charge in [-0.3, -0.25) is 9.80 Å². The van der Waals surface area contributed by atoms with Crippen molar-refractivity contribution < 1.29 is 0 Å². The summed E-state index contributed by atoms with van der Waals surface area (Å²) in [6.45, 7) is 12.6. The van der Waals surface area contributed by atoms with Gasteiger partial charge in [0.1, 0.15) is 0 Å². The summed E-state index contributed by atoms with van der Waals surface area (Å²) in [5.41, 5.74) is 1.24. The van der Waals surface area contributed by atoms with Crippen molar-refractivity contribution in [2.24, 2.45) is 0 Å². The maximum atomic E-state index is 4.57. The number of thiazole rings is 1. The number of aromatic nitrogens is 1. The quantitative estimate of drug-likeness (QED) is 0.853. The van der Waals surface area contributed by atoms with Crippen molar-refractivity contribution in [2.45, 2.75) is 71.6 Å². The molecule has 2 atom stereocenters. The molecular formula is C16H27N3S. The first-order valence-corrected chi connectivity index (χ1v) is 8.79. The van der Waals surface area contributed by atoms with Gasteiger partial charge in [-0.2, -0.15) is 0 Å². The summed E-state index contributed by atoms with van der Waals surface area (Å²) in [5, 5.41) is 1.21. The molecule has 112 valence electrons. The monoisotopic (exact) mass is 293 g/mol. The Morgan fingerprint density at radius 3 is 2.60 bits per heavy atom. The number of nitrogens with zero attached hydrogens (tertiary/aromatic N) is 3. The molecule has 0 aromatic carbocycles. The molecule has 0 saturated carbocycles. The van der Waals surface area contributed by atoms with Crippen molar-refractivity contribution in [1.82, 2.24) is 14.8 Å². The molecule has 2 bridgehead atoms. The average molecular weight is 293 g/mol. The minimum Gasteiger partial charge on any atom is -0.297 e.